The number of amides is 1. The average Bonchev–Trinajstić information content (AvgIpc) is 3.56. The summed E-state index contributed by atoms with van der Waals surface area (Å²) in [5.41, 5.74) is 11.1. The number of benzene rings is 2. The normalized spacial score (nSPS) is 14.3. The number of pyridine rings is 1. The predicted octanol–water partition coefficient (Wildman–Crippen LogP) is 4.20. The van der Waals surface area contributed by atoms with Crippen LogP contribution in [0.2, 0.25) is 0 Å². The maximum absolute atomic E-state index is 13.1. The molecule has 2 aromatic carbocycles. The SMILES string of the molecule is COc1ccc(C2(C(=O)Nc3ccc(-c4cc(C)nc5c4c(N)nn5C)cc3)CC2)cc1. The van der Waals surface area contributed by atoms with Gasteiger partial charge in [0.25, 0.3) is 0 Å². The maximum atomic E-state index is 13.1. The second-order valence-electron chi connectivity index (χ2n) is 8.36. The first-order valence-electron chi connectivity index (χ1n) is 10.6. The number of methoxy groups -OCH3 is 1. The summed E-state index contributed by atoms with van der Waals surface area (Å²) in [7, 11) is 3.48. The van der Waals surface area contributed by atoms with Crippen molar-refractivity contribution < 1.29 is 9.53 Å². The number of rotatable bonds is 5. The number of carbonyl (C=O) groups excluding carboxylic acids is 1. The van der Waals surface area contributed by atoms with E-state index >= 15 is 0 Å². The van der Waals surface area contributed by atoms with Gasteiger partial charge < -0.3 is 15.8 Å². The Morgan fingerprint density at radius 1 is 1.12 bits per heavy atom. The summed E-state index contributed by atoms with van der Waals surface area (Å²) in [5, 5.41) is 8.25. The first-order valence-corrected chi connectivity index (χ1v) is 10.6. The fourth-order valence-electron chi connectivity index (χ4n) is 4.30. The van der Waals surface area contributed by atoms with Gasteiger partial charge in [-0.25, -0.2) is 9.67 Å². The molecule has 2 heterocycles. The molecule has 1 saturated carbocycles. The van der Waals surface area contributed by atoms with E-state index < -0.39 is 5.41 Å². The van der Waals surface area contributed by atoms with E-state index in [0.717, 1.165) is 57.7 Å². The van der Waals surface area contributed by atoms with E-state index in [1.807, 2.05) is 68.6 Å². The molecule has 1 aliphatic carbocycles. The number of fused-ring (bicyclic) bond motifs is 1. The Balaban J connectivity index is 1.40. The number of nitrogen functional groups attached to an aromatic ring is 1. The van der Waals surface area contributed by atoms with Crippen LogP contribution in [-0.4, -0.2) is 27.8 Å². The number of nitrogens with two attached hydrogens (primary N) is 1. The first-order chi connectivity index (χ1) is 15.4. The van der Waals surface area contributed by atoms with Gasteiger partial charge in [0.1, 0.15) is 5.75 Å². The van der Waals surface area contributed by atoms with Gasteiger partial charge in [-0.15, -0.1) is 0 Å². The minimum Gasteiger partial charge on any atom is -0.497 e. The lowest BCUT2D eigenvalue weighted by molar-refractivity contribution is -0.118. The molecule has 4 aromatic rings. The van der Waals surface area contributed by atoms with Gasteiger partial charge in [-0.1, -0.05) is 24.3 Å². The Bertz CT molecular complexity index is 1320. The Hall–Kier alpha value is -3.87. The molecule has 1 aliphatic rings. The zero-order chi connectivity index (χ0) is 22.5. The van der Waals surface area contributed by atoms with E-state index in [-0.39, 0.29) is 5.91 Å². The van der Waals surface area contributed by atoms with Crippen LogP contribution in [0.1, 0.15) is 24.1 Å². The van der Waals surface area contributed by atoms with Crippen molar-refractivity contribution in [3.63, 3.8) is 0 Å². The molecule has 0 bridgehead atoms. The molecule has 32 heavy (non-hydrogen) atoms. The second kappa shape index (κ2) is 7.37. The van der Waals surface area contributed by atoms with Crippen LogP contribution in [0.4, 0.5) is 11.5 Å². The molecule has 1 amide bonds. The van der Waals surface area contributed by atoms with Crippen LogP contribution in [-0.2, 0) is 17.3 Å². The Morgan fingerprint density at radius 3 is 2.44 bits per heavy atom. The fraction of sp³-hybridized carbons (Fsp3) is 0.240. The topological polar surface area (TPSA) is 95.1 Å². The summed E-state index contributed by atoms with van der Waals surface area (Å²) in [4.78, 5) is 17.7. The molecular formula is C25H25N5O2. The lowest BCUT2D eigenvalue weighted by atomic mass is 9.94. The zero-order valence-electron chi connectivity index (χ0n) is 18.3. The summed E-state index contributed by atoms with van der Waals surface area (Å²) in [6.07, 6.45) is 1.69. The quantitative estimate of drug-likeness (QED) is 0.498. The molecule has 162 valence electrons. The van der Waals surface area contributed by atoms with Gasteiger partial charge in [-0.05, 0) is 66.8 Å². The average molecular weight is 428 g/mol. The van der Waals surface area contributed by atoms with Crippen LogP contribution < -0.4 is 15.8 Å². The molecule has 5 rings (SSSR count). The van der Waals surface area contributed by atoms with E-state index in [2.05, 4.69) is 15.4 Å². The van der Waals surface area contributed by atoms with Crippen molar-refractivity contribution in [2.75, 3.05) is 18.2 Å². The molecule has 0 aliphatic heterocycles. The smallest absolute Gasteiger partial charge is 0.235 e. The van der Waals surface area contributed by atoms with Gasteiger partial charge in [-0.2, -0.15) is 5.10 Å². The number of hydrogen-bond acceptors (Lipinski definition) is 5. The lowest BCUT2D eigenvalue weighted by Crippen LogP contribution is -2.27. The van der Waals surface area contributed by atoms with Crippen LogP contribution in [0.25, 0.3) is 22.2 Å². The van der Waals surface area contributed by atoms with Crippen molar-refractivity contribution >= 4 is 28.4 Å². The summed E-state index contributed by atoms with van der Waals surface area (Å²) in [6, 6.07) is 17.6. The Morgan fingerprint density at radius 2 is 1.81 bits per heavy atom. The third kappa shape index (κ3) is 3.26. The van der Waals surface area contributed by atoms with Gasteiger partial charge in [0.05, 0.1) is 17.9 Å². The highest BCUT2D eigenvalue weighted by Crippen LogP contribution is 2.49. The molecule has 3 N–H and O–H groups in total. The summed E-state index contributed by atoms with van der Waals surface area (Å²) < 4.78 is 6.93. The predicted molar refractivity (Wildman–Crippen MR) is 126 cm³/mol. The van der Waals surface area contributed by atoms with E-state index in [9.17, 15) is 4.79 Å². The van der Waals surface area contributed by atoms with Gasteiger partial charge in [0, 0.05) is 18.4 Å². The molecule has 0 unspecified atom stereocenters. The van der Waals surface area contributed by atoms with Crippen molar-refractivity contribution in [1.82, 2.24) is 14.8 Å². The zero-order valence-corrected chi connectivity index (χ0v) is 18.3. The largest absolute Gasteiger partial charge is 0.497 e. The van der Waals surface area contributed by atoms with Crippen molar-refractivity contribution in [1.29, 1.82) is 0 Å². The van der Waals surface area contributed by atoms with Crippen LogP contribution >= 0.6 is 0 Å². The van der Waals surface area contributed by atoms with Gasteiger partial charge in [0.2, 0.25) is 5.91 Å². The number of aromatic nitrogens is 3. The lowest BCUT2D eigenvalue weighted by Gasteiger charge is -2.16. The molecule has 2 aromatic heterocycles. The molecule has 0 atom stereocenters. The number of anilines is 2. The number of nitrogens with one attached hydrogen (secondary N) is 1. The first kappa shape index (κ1) is 20.1. The highest BCUT2D eigenvalue weighted by Gasteiger charge is 2.51. The van der Waals surface area contributed by atoms with E-state index in [1.165, 1.54) is 0 Å². The number of carbonyl (C=O) groups is 1. The van der Waals surface area contributed by atoms with Crippen molar-refractivity contribution in [2.45, 2.75) is 25.2 Å². The number of aryl methyl sites for hydroxylation is 2. The van der Waals surface area contributed by atoms with Crippen LogP contribution in [0.15, 0.2) is 54.6 Å². The molecule has 0 radical (unpaired) electrons. The van der Waals surface area contributed by atoms with E-state index in [4.69, 9.17) is 10.5 Å². The third-order valence-electron chi connectivity index (χ3n) is 6.23. The molecule has 7 heteroatoms. The molecule has 0 spiro atoms. The second-order valence-corrected chi connectivity index (χ2v) is 8.36. The number of ether oxygens (including phenoxy) is 1. The molecule has 0 saturated heterocycles. The third-order valence-corrected chi connectivity index (χ3v) is 6.23. The van der Waals surface area contributed by atoms with Gasteiger partial charge in [0.15, 0.2) is 11.5 Å². The van der Waals surface area contributed by atoms with E-state index in [0.29, 0.717) is 5.82 Å². The summed E-state index contributed by atoms with van der Waals surface area (Å²) >= 11 is 0. The van der Waals surface area contributed by atoms with Crippen LogP contribution in [0.3, 0.4) is 0 Å². The summed E-state index contributed by atoms with van der Waals surface area (Å²) in [6.45, 7) is 1.95. The standard InChI is InChI=1S/C25H25N5O2/c1-15-14-20(21-22(26)29-30(2)23(21)27-15)16-4-8-18(9-5-16)28-24(31)25(12-13-25)17-6-10-19(32-3)11-7-17/h4-11,14H,12-13H2,1-3H3,(H2,26,29)(H,28,31). The Kier molecular flexibility index (Phi) is 4.62. The van der Waals surface area contributed by atoms with Crippen molar-refractivity contribution in [2.24, 2.45) is 7.05 Å². The van der Waals surface area contributed by atoms with Crippen molar-refractivity contribution in [3.8, 4) is 16.9 Å². The van der Waals surface area contributed by atoms with Crippen molar-refractivity contribution in [3.05, 3.63) is 65.9 Å². The summed E-state index contributed by atoms with van der Waals surface area (Å²) in [5.74, 6) is 1.27. The van der Waals surface area contributed by atoms with Gasteiger partial charge >= 0.3 is 0 Å². The molecule has 7 nitrogen and oxygen atoms in total. The maximum Gasteiger partial charge on any atom is 0.235 e. The fourth-order valence-corrected chi connectivity index (χ4v) is 4.30. The van der Waals surface area contributed by atoms with Gasteiger partial charge in [-0.3, -0.25) is 4.79 Å². The monoisotopic (exact) mass is 427 g/mol. The highest BCUT2D eigenvalue weighted by atomic mass is 16.5. The number of nitrogens with zero attached hydrogens (tertiary/aromatic N) is 3. The minimum absolute atomic E-state index is 0.0223. The van der Waals surface area contributed by atoms with Crippen LogP contribution in [0, 0.1) is 6.92 Å². The Labute approximate surface area is 186 Å². The van der Waals surface area contributed by atoms with E-state index in [1.54, 1.807) is 11.8 Å². The van der Waals surface area contributed by atoms with Crippen LogP contribution in [0.5, 0.6) is 5.75 Å². The molecule has 1 fully saturated rings. The minimum atomic E-state index is -0.455. The number of hydrogen-bond donors (Lipinski definition) is 2. The highest BCUT2D eigenvalue weighted by molar-refractivity contribution is 6.02. The molecular weight excluding hydrogens is 402 g/mol.